The number of pyridine rings is 1. The minimum atomic E-state index is -2.37. The van der Waals surface area contributed by atoms with Gasteiger partial charge in [0.25, 0.3) is 0 Å². The van der Waals surface area contributed by atoms with Gasteiger partial charge in [0.1, 0.15) is 6.10 Å². The Morgan fingerprint density at radius 3 is 2.83 bits per heavy atom. The van der Waals surface area contributed by atoms with Crippen LogP contribution in [0.5, 0.6) is 0 Å². The number of allylic oxidation sites excluding steroid dienone is 4. The molecule has 0 bridgehead atoms. The molecule has 13 heteroatoms. The van der Waals surface area contributed by atoms with Crippen molar-refractivity contribution in [1.29, 1.82) is 0 Å². The summed E-state index contributed by atoms with van der Waals surface area (Å²) in [7, 11) is 0. The van der Waals surface area contributed by atoms with Crippen LogP contribution < -0.4 is 5.32 Å². The molecule has 1 fully saturated rings. The lowest BCUT2D eigenvalue weighted by atomic mass is 9.82. The van der Waals surface area contributed by atoms with Crippen LogP contribution in [0.4, 0.5) is 13.6 Å². The zero-order chi connectivity index (χ0) is 24.4. The van der Waals surface area contributed by atoms with Crippen molar-refractivity contribution in [3.8, 4) is 0 Å². The highest BCUT2D eigenvalue weighted by molar-refractivity contribution is 5.78. The molecular formula is C22H23F2N9O2. The Hall–Kier alpha value is -4.00. The fraction of sp³-hybridized carbons (Fsp3) is 0.364. The molecule has 0 aromatic carbocycles. The molecule has 0 saturated carbocycles. The first-order valence-corrected chi connectivity index (χ1v) is 11.0. The van der Waals surface area contributed by atoms with Gasteiger partial charge in [-0.3, -0.25) is 9.88 Å². The van der Waals surface area contributed by atoms with E-state index in [1.807, 2.05) is 0 Å². The maximum Gasteiger partial charge on any atom is 0.414 e. The summed E-state index contributed by atoms with van der Waals surface area (Å²) in [4.78, 5) is 17.9. The number of amides is 1. The van der Waals surface area contributed by atoms with Crippen molar-refractivity contribution in [3.05, 3.63) is 71.7 Å². The Morgan fingerprint density at radius 2 is 2.11 bits per heavy atom. The summed E-state index contributed by atoms with van der Waals surface area (Å²) in [6, 6.07) is 3.45. The monoisotopic (exact) mass is 483 g/mol. The number of alkyl halides is 2. The summed E-state index contributed by atoms with van der Waals surface area (Å²) in [5, 5.41) is 21.0. The molecule has 1 amide bonds. The first-order chi connectivity index (χ1) is 16.9. The van der Waals surface area contributed by atoms with E-state index in [0.717, 1.165) is 23.2 Å². The van der Waals surface area contributed by atoms with Crippen LogP contribution in [0.2, 0.25) is 0 Å². The number of rotatable bonds is 8. The molecule has 2 N–H and O–H groups in total. The van der Waals surface area contributed by atoms with Crippen molar-refractivity contribution in [2.45, 2.75) is 44.5 Å². The number of nitrogens with one attached hydrogen (secondary N) is 2. The summed E-state index contributed by atoms with van der Waals surface area (Å²) >= 11 is 0. The zero-order valence-corrected chi connectivity index (χ0v) is 18.8. The number of ether oxygens (including phenoxy) is 1. The standard InChI is InChI=1S/C22H23F2N9O2/c1-22(24)18(14-2-3-15(26-8-14)9-25-10-16-11-28-30-29-16)4-5-19(20(22)23)33-13-17(35-21(33)34)12-32-7-6-27-31-32/h2-8,11,17,20,25H,9-10,12-13H2,1H3,(H,28,29,30). The van der Waals surface area contributed by atoms with Crippen LogP contribution in [0, 0.1) is 0 Å². The highest BCUT2D eigenvalue weighted by Gasteiger charge is 2.48. The molecule has 0 spiro atoms. The molecule has 2 aliphatic rings. The van der Waals surface area contributed by atoms with Gasteiger partial charge in [-0.05, 0) is 24.6 Å². The lowest BCUT2D eigenvalue weighted by Crippen LogP contribution is -2.42. The molecule has 3 unspecified atom stereocenters. The third-order valence-electron chi connectivity index (χ3n) is 5.94. The Labute approximate surface area is 198 Å². The number of carbonyl (C=O) groups excluding carboxylic acids is 1. The topological polar surface area (TPSA) is 127 Å². The first kappa shape index (κ1) is 22.8. The molecule has 1 saturated heterocycles. The lowest BCUT2D eigenvalue weighted by Gasteiger charge is -2.34. The van der Waals surface area contributed by atoms with Crippen LogP contribution in [0.1, 0.15) is 23.9 Å². The third kappa shape index (κ3) is 4.67. The molecule has 1 aliphatic carbocycles. The van der Waals surface area contributed by atoms with Gasteiger partial charge in [-0.1, -0.05) is 17.4 Å². The van der Waals surface area contributed by atoms with E-state index in [1.165, 1.54) is 29.2 Å². The van der Waals surface area contributed by atoms with E-state index in [2.05, 4.69) is 36.0 Å². The molecule has 11 nitrogen and oxygen atoms in total. The molecule has 3 aromatic rings. The molecule has 4 heterocycles. The minimum absolute atomic E-state index is 0.0773. The van der Waals surface area contributed by atoms with E-state index < -0.39 is 24.0 Å². The molecule has 35 heavy (non-hydrogen) atoms. The molecule has 3 aromatic heterocycles. The molecule has 0 radical (unpaired) electrons. The Kier molecular flexibility index (Phi) is 6.07. The van der Waals surface area contributed by atoms with Gasteiger partial charge in [0.2, 0.25) is 0 Å². The summed E-state index contributed by atoms with van der Waals surface area (Å²) in [5.41, 5.74) is -0.336. The summed E-state index contributed by atoms with van der Waals surface area (Å²) < 4.78 is 38.1. The number of aromatic amines is 1. The van der Waals surface area contributed by atoms with E-state index in [0.29, 0.717) is 18.7 Å². The molecule has 5 rings (SSSR count). The highest BCUT2D eigenvalue weighted by atomic mass is 19.2. The highest BCUT2D eigenvalue weighted by Crippen LogP contribution is 2.42. The SMILES string of the molecule is CC1(F)C(c2ccc(CNCc3cn[nH]n3)nc2)=CC=C(N2CC(Cn3ccnn3)OC2=O)C1F. The predicted octanol–water partition coefficient (Wildman–Crippen LogP) is 1.95. The molecular weight excluding hydrogens is 460 g/mol. The minimum Gasteiger partial charge on any atom is -0.442 e. The van der Waals surface area contributed by atoms with Crippen molar-refractivity contribution in [3.63, 3.8) is 0 Å². The van der Waals surface area contributed by atoms with Crippen molar-refractivity contribution in [2.75, 3.05) is 6.54 Å². The van der Waals surface area contributed by atoms with Crippen LogP contribution in [-0.2, 0) is 24.4 Å². The largest absolute Gasteiger partial charge is 0.442 e. The van der Waals surface area contributed by atoms with Gasteiger partial charge in [0.05, 0.1) is 42.6 Å². The fourth-order valence-corrected chi connectivity index (χ4v) is 4.12. The quantitative estimate of drug-likeness (QED) is 0.498. The second-order valence-corrected chi connectivity index (χ2v) is 8.45. The summed E-state index contributed by atoms with van der Waals surface area (Å²) in [6.45, 7) is 2.51. The number of hydrogen-bond acceptors (Lipinski definition) is 8. The van der Waals surface area contributed by atoms with Crippen molar-refractivity contribution < 1.29 is 18.3 Å². The number of cyclic esters (lactones) is 1. The number of H-pyrrole nitrogens is 1. The van der Waals surface area contributed by atoms with Crippen LogP contribution in [-0.4, -0.2) is 70.9 Å². The average Bonchev–Trinajstić information content (AvgIpc) is 3.60. The Morgan fingerprint density at radius 1 is 1.26 bits per heavy atom. The normalized spacial score (nSPS) is 24.3. The average molecular weight is 483 g/mol. The van der Waals surface area contributed by atoms with Gasteiger partial charge in [-0.25, -0.2) is 18.3 Å². The second-order valence-electron chi connectivity index (χ2n) is 8.45. The van der Waals surface area contributed by atoms with E-state index in [1.54, 1.807) is 24.5 Å². The van der Waals surface area contributed by atoms with Crippen molar-refractivity contribution in [1.82, 2.24) is 45.6 Å². The molecule has 182 valence electrons. The van der Waals surface area contributed by atoms with Crippen molar-refractivity contribution in [2.24, 2.45) is 0 Å². The number of aromatic nitrogens is 7. The Balaban J connectivity index is 1.28. The fourth-order valence-electron chi connectivity index (χ4n) is 4.12. The van der Waals surface area contributed by atoms with Crippen LogP contribution in [0.25, 0.3) is 5.57 Å². The summed E-state index contributed by atoms with van der Waals surface area (Å²) in [5.74, 6) is 0. The third-order valence-corrected chi connectivity index (χ3v) is 5.94. The zero-order valence-electron chi connectivity index (χ0n) is 18.8. The maximum absolute atomic E-state index is 15.8. The van der Waals surface area contributed by atoms with Gasteiger partial charge in [0, 0.05) is 31.1 Å². The lowest BCUT2D eigenvalue weighted by molar-refractivity contribution is 0.113. The predicted molar refractivity (Wildman–Crippen MR) is 119 cm³/mol. The van der Waals surface area contributed by atoms with Crippen LogP contribution in [0.15, 0.2) is 54.8 Å². The van der Waals surface area contributed by atoms with Crippen molar-refractivity contribution >= 4 is 11.7 Å². The molecule has 3 atom stereocenters. The maximum atomic E-state index is 15.8. The number of hydrogen-bond donors (Lipinski definition) is 2. The Bertz CT molecular complexity index is 1220. The van der Waals surface area contributed by atoms with Gasteiger partial charge in [0.15, 0.2) is 11.8 Å². The number of carbonyl (C=O) groups is 1. The van der Waals surface area contributed by atoms with E-state index >= 15 is 8.78 Å². The first-order valence-electron chi connectivity index (χ1n) is 11.0. The van der Waals surface area contributed by atoms with Crippen LogP contribution in [0.3, 0.4) is 0 Å². The van der Waals surface area contributed by atoms with E-state index in [9.17, 15) is 4.79 Å². The van der Waals surface area contributed by atoms with Crippen LogP contribution >= 0.6 is 0 Å². The second kappa shape index (κ2) is 9.33. The van der Waals surface area contributed by atoms with E-state index in [4.69, 9.17) is 4.74 Å². The van der Waals surface area contributed by atoms with Gasteiger partial charge in [-0.2, -0.15) is 15.4 Å². The van der Waals surface area contributed by atoms with Gasteiger partial charge < -0.3 is 10.1 Å². The smallest absolute Gasteiger partial charge is 0.414 e. The van der Waals surface area contributed by atoms with E-state index in [-0.39, 0.29) is 24.4 Å². The number of halogens is 2. The number of nitrogens with zero attached hydrogens (tertiary/aromatic N) is 7. The molecule has 1 aliphatic heterocycles. The summed E-state index contributed by atoms with van der Waals surface area (Å²) in [6.07, 6.45) is 5.85. The van der Waals surface area contributed by atoms with Gasteiger partial charge >= 0.3 is 6.09 Å². The van der Waals surface area contributed by atoms with Gasteiger partial charge in [-0.15, -0.1) is 5.10 Å².